The molecule has 1 saturated heterocycles. The summed E-state index contributed by atoms with van der Waals surface area (Å²) in [6.45, 7) is 3.49. The number of hydrogen-bond donors (Lipinski definition) is 3. The number of phenols is 1. The molecule has 222 valence electrons. The number of nitrogens with zero attached hydrogens (tertiary/aromatic N) is 1. The lowest BCUT2D eigenvalue weighted by Crippen LogP contribution is -2.38. The van der Waals surface area contributed by atoms with Gasteiger partial charge in [0.1, 0.15) is 11.9 Å². The molecule has 3 aromatic rings. The number of hydrogen-bond acceptors (Lipinski definition) is 5. The van der Waals surface area contributed by atoms with Crippen LogP contribution in [0.1, 0.15) is 55.3 Å². The van der Waals surface area contributed by atoms with Crippen molar-refractivity contribution in [1.82, 2.24) is 10.2 Å². The number of anilines is 1. The molecule has 3 aromatic carbocycles. The fraction of sp³-hybridized carbons (Fsp3) is 0.353. The van der Waals surface area contributed by atoms with Gasteiger partial charge in [0.15, 0.2) is 0 Å². The van der Waals surface area contributed by atoms with Gasteiger partial charge in [-0.2, -0.15) is 0 Å². The van der Waals surface area contributed by atoms with Crippen molar-refractivity contribution in [2.24, 2.45) is 0 Å². The molecule has 0 unspecified atom stereocenters. The van der Waals surface area contributed by atoms with Crippen LogP contribution in [-0.4, -0.2) is 54.3 Å². The van der Waals surface area contributed by atoms with Gasteiger partial charge in [-0.3, -0.25) is 10.1 Å². The van der Waals surface area contributed by atoms with Crippen LogP contribution in [0.2, 0.25) is 5.02 Å². The molecule has 4 rings (SSSR count). The van der Waals surface area contributed by atoms with Gasteiger partial charge < -0.3 is 20.1 Å². The van der Waals surface area contributed by atoms with Gasteiger partial charge in [-0.15, -0.1) is 0 Å². The molecular formula is C34H40ClN3O4. The van der Waals surface area contributed by atoms with Crippen LogP contribution in [0, 0.1) is 0 Å². The van der Waals surface area contributed by atoms with Crippen LogP contribution >= 0.6 is 11.6 Å². The van der Waals surface area contributed by atoms with Gasteiger partial charge >= 0.3 is 6.09 Å². The minimum atomic E-state index is -0.394. The first-order valence-electron chi connectivity index (χ1n) is 14.8. The average molecular weight is 590 g/mol. The predicted octanol–water partition coefficient (Wildman–Crippen LogP) is 7.66. The minimum Gasteiger partial charge on any atom is -0.508 e. The fourth-order valence-corrected chi connectivity index (χ4v) is 5.33. The number of carbonyl (C=O) groups is 2. The highest BCUT2D eigenvalue weighted by Gasteiger charge is 2.22. The third-order valence-corrected chi connectivity index (χ3v) is 7.68. The number of carbonyl (C=O) groups excluding carboxylic acids is 2. The Morgan fingerprint density at radius 2 is 1.67 bits per heavy atom. The summed E-state index contributed by atoms with van der Waals surface area (Å²) in [5.41, 5.74) is 3.14. The van der Waals surface area contributed by atoms with E-state index in [2.05, 4.69) is 27.7 Å². The smallest absolute Gasteiger partial charge is 0.411 e. The van der Waals surface area contributed by atoms with Gasteiger partial charge in [-0.1, -0.05) is 78.7 Å². The van der Waals surface area contributed by atoms with E-state index in [-0.39, 0.29) is 22.8 Å². The van der Waals surface area contributed by atoms with E-state index in [1.165, 1.54) is 24.6 Å². The van der Waals surface area contributed by atoms with Gasteiger partial charge in [-0.25, -0.2) is 4.79 Å². The van der Waals surface area contributed by atoms with Crippen molar-refractivity contribution in [3.63, 3.8) is 0 Å². The number of para-hydroxylation sites is 1. The Labute approximate surface area is 253 Å². The van der Waals surface area contributed by atoms with Crippen LogP contribution in [0.25, 0.3) is 11.1 Å². The highest BCUT2D eigenvalue weighted by atomic mass is 35.5. The lowest BCUT2D eigenvalue weighted by molar-refractivity contribution is 0.0585. The molecule has 42 heavy (non-hydrogen) atoms. The van der Waals surface area contributed by atoms with Crippen molar-refractivity contribution in [3.05, 3.63) is 95.5 Å². The molecular weight excluding hydrogens is 550 g/mol. The Hall–Kier alpha value is -3.81. The normalized spacial score (nSPS) is 14.1. The van der Waals surface area contributed by atoms with Crippen molar-refractivity contribution in [2.75, 3.05) is 31.5 Å². The van der Waals surface area contributed by atoms with E-state index in [1.807, 2.05) is 54.6 Å². The summed E-state index contributed by atoms with van der Waals surface area (Å²) in [7, 11) is 0. The quantitative estimate of drug-likeness (QED) is 0.141. The van der Waals surface area contributed by atoms with E-state index in [1.54, 1.807) is 0 Å². The number of benzene rings is 3. The number of rotatable bonds is 13. The van der Waals surface area contributed by atoms with Crippen molar-refractivity contribution in [3.8, 4) is 16.9 Å². The molecule has 0 aliphatic carbocycles. The highest BCUT2D eigenvalue weighted by molar-refractivity contribution is 6.34. The molecule has 0 spiro atoms. The third-order valence-electron chi connectivity index (χ3n) is 7.36. The number of allylic oxidation sites excluding steroid dienone is 1. The molecule has 7 nitrogen and oxygen atoms in total. The molecule has 0 saturated carbocycles. The minimum absolute atomic E-state index is 0.0392. The largest absolute Gasteiger partial charge is 0.508 e. The maximum absolute atomic E-state index is 12.6. The first kappa shape index (κ1) is 31.1. The predicted molar refractivity (Wildman–Crippen MR) is 169 cm³/mol. The maximum Gasteiger partial charge on any atom is 0.411 e. The Balaban J connectivity index is 1.03. The summed E-state index contributed by atoms with van der Waals surface area (Å²) in [4.78, 5) is 27.3. The molecule has 0 bridgehead atoms. The second-order valence-corrected chi connectivity index (χ2v) is 10.9. The van der Waals surface area contributed by atoms with Crippen molar-refractivity contribution >= 4 is 29.3 Å². The van der Waals surface area contributed by atoms with E-state index in [4.69, 9.17) is 16.3 Å². The molecule has 1 aliphatic heterocycles. The highest BCUT2D eigenvalue weighted by Crippen LogP contribution is 2.28. The van der Waals surface area contributed by atoms with Crippen LogP contribution < -0.4 is 10.6 Å². The number of likely N-dealkylation sites (tertiary alicyclic amines) is 1. The van der Waals surface area contributed by atoms with E-state index >= 15 is 0 Å². The van der Waals surface area contributed by atoms with E-state index in [0.717, 1.165) is 75.0 Å². The second kappa shape index (κ2) is 16.6. The number of aromatic hydroxyl groups is 1. The summed E-state index contributed by atoms with van der Waals surface area (Å²) in [5, 5.41) is 15.4. The summed E-state index contributed by atoms with van der Waals surface area (Å²) in [6, 6.07) is 22.1. The molecule has 2 amide bonds. The maximum atomic E-state index is 12.6. The molecule has 0 atom stereocenters. The van der Waals surface area contributed by atoms with E-state index in [9.17, 15) is 14.7 Å². The molecule has 1 aliphatic rings. The van der Waals surface area contributed by atoms with Crippen LogP contribution in [-0.2, 0) is 4.74 Å². The molecule has 0 radical (unpaired) electrons. The zero-order valence-corrected chi connectivity index (χ0v) is 24.7. The molecule has 0 aromatic heterocycles. The summed E-state index contributed by atoms with van der Waals surface area (Å²) in [6.07, 6.45) is 10.8. The fourth-order valence-electron chi connectivity index (χ4n) is 5.07. The molecule has 1 fully saturated rings. The molecule has 8 heteroatoms. The number of phenolic OH excluding ortho intramolecular Hbond substituents is 1. The number of piperidine rings is 1. The lowest BCUT2D eigenvalue weighted by atomic mass is 10.0. The van der Waals surface area contributed by atoms with E-state index < -0.39 is 6.09 Å². The summed E-state index contributed by atoms with van der Waals surface area (Å²) >= 11 is 6.01. The third kappa shape index (κ3) is 9.93. The monoisotopic (exact) mass is 589 g/mol. The van der Waals surface area contributed by atoms with Crippen LogP contribution in [0.15, 0.2) is 84.9 Å². The number of ether oxygens (including phenoxy) is 1. The lowest BCUT2D eigenvalue weighted by Gasteiger charge is -2.31. The Morgan fingerprint density at radius 3 is 2.45 bits per heavy atom. The van der Waals surface area contributed by atoms with Gasteiger partial charge in [0.05, 0.1) is 16.3 Å². The number of nitrogens with one attached hydrogen (secondary N) is 2. The van der Waals surface area contributed by atoms with Crippen molar-refractivity contribution in [2.45, 2.75) is 51.0 Å². The second-order valence-electron chi connectivity index (χ2n) is 10.5. The Morgan fingerprint density at radius 1 is 0.929 bits per heavy atom. The van der Waals surface area contributed by atoms with Gasteiger partial charge in [-0.05, 0) is 74.9 Å². The van der Waals surface area contributed by atoms with Gasteiger partial charge in [0.2, 0.25) is 0 Å². The van der Waals surface area contributed by atoms with E-state index in [0.29, 0.717) is 12.1 Å². The first-order chi connectivity index (χ1) is 20.5. The number of unbranched alkanes of at least 4 members (excludes halogenated alkanes) is 3. The zero-order valence-electron chi connectivity index (χ0n) is 23.9. The van der Waals surface area contributed by atoms with Crippen molar-refractivity contribution < 1.29 is 19.4 Å². The van der Waals surface area contributed by atoms with Gasteiger partial charge in [0.25, 0.3) is 5.91 Å². The topological polar surface area (TPSA) is 90.9 Å². The Kier molecular flexibility index (Phi) is 12.3. The SMILES string of the molecule is O=C(Nc1ccccc1-c1ccccc1)OC1CCN(CCCCC/C=C/CCNC(=O)c2ccc(O)cc2Cl)CC1. The molecule has 1 heterocycles. The van der Waals surface area contributed by atoms with Crippen LogP contribution in [0.5, 0.6) is 5.75 Å². The van der Waals surface area contributed by atoms with Crippen molar-refractivity contribution in [1.29, 1.82) is 0 Å². The Bertz CT molecular complexity index is 1320. The molecule has 3 N–H and O–H groups in total. The first-order valence-corrected chi connectivity index (χ1v) is 15.1. The number of halogens is 1. The average Bonchev–Trinajstić information content (AvgIpc) is 2.99. The zero-order chi connectivity index (χ0) is 29.6. The van der Waals surface area contributed by atoms with Crippen LogP contribution in [0.3, 0.4) is 0 Å². The van der Waals surface area contributed by atoms with Crippen LogP contribution in [0.4, 0.5) is 10.5 Å². The summed E-state index contributed by atoms with van der Waals surface area (Å²) in [5.74, 6) is -0.200. The summed E-state index contributed by atoms with van der Waals surface area (Å²) < 4.78 is 5.75. The number of amides is 2. The van der Waals surface area contributed by atoms with Gasteiger partial charge in [0, 0.05) is 25.2 Å². The standard InChI is InChI=1S/C34H40ClN3O4/c35-31-25-27(39)17-18-30(31)33(40)36-21-11-4-2-1-3-5-12-22-38-23-19-28(20-24-38)42-34(41)37-32-16-10-9-15-29(32)26-13-7-6-8-14-26/h2,4,6-10,13-18,25,28,39H,1,3,5,11-12,19-24H2,(H,36,40)(H,37,41)/b4-2+.